The lowest BCUT2D eigenvalue weighted by molar-refractivity contribution is -0.133. The standard InChI is InChI=1S/C16H12Cl2O4/c17-11-2-1-3-13(16(11)18)22-15(19)9-10-4-5-12-14(8-10)21-7-6-20-12/h1-5,8H,6-7,9H2. The number of hydrogen-bond donors (Lipinski definition) is 0. The van der Waals surface area contributed by atoms with Crippen LogP contribution in [0.4, 0.5) is 0 Å². The summed E-state index contributed by atoms with van der Waals surface area (Å²) in [5.74, 6) is 1.14. The third kappa shape index (κ3) is 3.29. The Bertz CT molecular complexity index is 715. The van der Waals surface area contributed by atoms with E-state index in [0.29, 0.717) is 29.7 Å². The topological polar surface area (TPSA) is 44.8 Å². The van der Waals surface area contributed by atoms with E-state index < -0.39 is 5.97 Å². The lowest BCUT2D eigenvalue weighted by atomic mass is 10.1. The number of ether oxygens (including phenoxy) is 3. The molecule has 1 aliphatic rings. The largest absolute Gasteiger partial charge is 0.486 e. The first-order valence-electron chi connectivity index (χ1n) is 6.67. The van der Waals surface area contributed by atoms with Crippen LogP contribution in [0, 0.1) is 0 Å². The van der Waals surface area contributed by atoms with Crippen molar-refractivity contribution >= 4 is 29.2 Å². The molecule has 6 heteroatoms. The molecule has 0 saturated carbocycles. The molecule has 0 fully saturated rings. The molecule has 0 radical (unpaired) electrons. The smallest absolute Gasteiger partial charge is 0.315 e. The van der Waals surface area contributed by atoms with E-state index in [2.05, 4.69) is 0 Å². The lowest BCUT2D eigenvalue weighted by Crippen LogP contribution is -2.16. The maximum Gasteiger partial charge on any atom is 0.315 e. The number of fused-ring (bicyclic) bond motifs is 1. The summed E-state index contributed by atoms with van der Waals surface area (Å²) in [6.45, 7) is 1.03. The van der Waals surface area contributed by atoms with Crippen molar-refractivity contribution in [3.8, 4) is 17.2 Å². The minimum atomic E-state index is -0.430. The molecule has 4 nitrogen and oxygen atoms in total. The van der Waals surface area contributed by atoms with Crippen LogP contribution in [-0.2, 0) is 11.2 Å². The van der Waals surface area contributed by atoms with Crippen molar-refractivity contribution in [3.63, 3.8) is 0 Å². The predicted octanol–water partition coefficient (Wildman–Crippen LogP) is 3.91. The molecule has 1 heterocycles. The lowest BCUT2D eigenvalue weighted by Gasteiger charge is -2.18. The van der Waals surface area contributed by atoms with E-state index in [9.17, 15) is 4.79 Å². The minimum Gasteiger partial charge on any atom is -0.486 e. The number of esters is 1. The van der Waals surface area contributed by atoms with Gasteiger partial charge in [0.1, 0.15) is 18.2 Å². The van der Waals surface area contributed by atoms with Crippen LogP contribution in [0.1, 0.15) is 5.56 Å². The third-order valence-electron chi connectivity index (χ3n) is 3.10. The van der Waals surface area contributed by atoms with Crippen LogP contribution in [0.25, 0.3) is 0 Å². The van der Waals surface area contributed by atoms with Gasteiger partial charge in [0.05, 0.1) is 11.4 Å². The summed E-state index contributed by atoms with van der Waals surface area (Å²) in [5, 5.41) is 0.561. The fourth-order valence-corrected chi connectivity index (χ4v) is 2.42. The van der Waals surface area contributed by atoms with Gasteiger partial charge in [-0.05, 0) is 29.8 Å². The normalized spacial score (nSPS) is 12.8. The van der Waals surface area contributed by atoms with Gasteiger partial charge in [-0.3, -0.25) is 4.79 Å². The Morgan fingerprint density at radius 1 is 1.09 bits per heavy atom. The van der Waals surface area contributed by atoms with Gasteiger partial charge in [0.2, 0.25) is 0 Å². The van der Waals surface area contributed by atoms with E-state index in [1.807, 2.05) is 0 Å². The highest BCUT2D eigenvalue weighted by Crippen LogP contribution is 2.33. The van der Waals surface area contributed by atoms with Gasteiger partial charge in [0, 0.05) is 0 Å². The molecule has 22 heavy (non-hydrogen) atoms. The second kappa shape index (κ2) is 6.46. The van der Waals surface area contributed by atoms with Gasteiger partial charge in [0.15, 0.2) is 17.2 Å². The molecule has 0 saturated heterocycles. The molecular weight excluding hydrogens is 327 g/mol. The van der Waals surface area contributed by atoms with E-state index in [4.69, 9.17) is 37.4 Å². The molecule has 0 N–H and O–H groups in total. The number of carbonyl (C=O) groups excluding carboxylic acids is 1. The molecule has 2 aromatic rings. The maximum absolute atomic E-state index is 12.0. The van der Waals surface area contributed by atoms with E-state index >= 15 is 0 Å². The van der Waals surface area contributed by atoms with Gasteiger partial charge in [-0.25, -0.2) is 0 Å². The van der Waals surface area contributed by atoms with E-state index in [1.54, 1.807) is 36.4 Å². The summed E-state index contributed by atoms with van der Waals surface area (Å²) >= 11 is 11.9. The second-order valence-corrected chi connectivity index (χ2v) is 5.47. The van der Waals surface area contributed by atoms with E-state index in [-0.39, 0.29) is 17.2 Å². The van der Waals surface area contributed by atoms with Crippen molar-refractivity contribution in [3.05, 3.63) is 52.0 Å². The molecule has 3 rings (SSSR count). The SMILES string of the molecule is O=C(Cc1ccc2c(c1)OCCO2)Oc1cccc(Cl)c1Cl. The van der Waals surface area contributed by atoms with Gasteiger partial charge in [-0.2, -0.15) is 0 Å². The van der Waals surface area contributed by atoms with Gasteiger partial charge in [-0.15, -0.1) is 0 Å². The summed E-state index contributed by atoms with van der Waals surface area (Å²) in [6.07, 6.45) is 0.0967. The highest BCUT2D eigenvalue weighted by Gasteiger charge is 2.15. The Hall–Kier alpha value is -1.91. The molecule has 0 bridgehead atoms. The molecule has 0 unspecified atom stereocenters. The molecule has 1 aliphatic heterocycles. The summed E-state index contributed by atoms with van der Waals surface area (Å²) in [4.78, 5) is 12.0. The molecule has 0 amide bonds. The quantitative estimate of drug-likeness (QED) is 0.628. The highest BCUT2D eigenvalue weighted by atomic mass is 35.5. The highest BCUT2D eigenvalue weighted by molar-refractivity contribution is 6.43. The maximum atomic E-state index is 12.0. The first-order chi connectivity index (χ1) is 10.6. The second-order valence-electron chi connectivity index (χ2n) is 4.68. The van der Waals surface area contributed by atoms with Crippen molar-refractivity contribution in [2.24, 2.45) is 0 Å². The van der Waals surface area contributed by atoms with E-state index in [1.165, 1.54) is 0 Å². The Labute approximate surface area is 137 Å². The van der Waals surface area contributed by atoms with Crippen LogP contribution in [0.3, 0.4) is 0 Å². The summed E-state index contributed by atoms with van der Waals surface area (Å²) in [7, 11) is 0. The van der Waals surface area contributed by atoms with Crippen molar-refractivity contribution in [2.75, 3.05) is 13.2 Å². The van der Waals surface area contributed by atoms with Crippen molar-refractivity contribution in [1.29, 1.82) is 0 Å². The zero-order chi connectivity index (χ0) is 15.5. The van der Waals surface area contributed by atoms with Gasteiger partial charge < -0.3 is 14.2 Å². The van der Waals surface area contributed by atoms with Crippen molar-refractivity contribution in [1.82, 2.24) is 0 Å². The molecule has 2 aromatic carbocycles. The van der Waals surface area contributed by atoms with Crippen LogP contribution in [0.5, 0.6) is 17.2 Å². The van der Waals surface area contributed by atoms with Crippen LogP contribution in [-0.4, -0.2) is 19.2 Å². The number of carbonyl (C=O) groups is 1. The molecule has 0 aliphatic carbocycles. The summed E-state index contributed by atoms with van der Waals surface area (Å²) < 4.78 is 16.2. The first-order valence-corrected chi connectivity index (χ1v) is 7.42. The average Bonchev–Trinajstić information content (AvgIpc) is 2.52. The molecule has 0 aromatic heterocycles. The average molecular weight is 339 g/mol. The third-order valence-corrected chi connectivity index (χ3v) is 3.90. The molecule has 114 valence electrons. The number of rotatable bonds is 3. The van der Waals surface area contributed by atoms with Crippen LogP contribution < -0.4 is 14.2 Å². The fraction of sp³-hybridized carbons (Fsp3) is 0.188. The zero-order valence-corrected chi connectivity index (χ0v) is 13.0. The van der Waals surface area contributed by atoms with Gasteiger partial charge in [0.25, 0.3) is 0 Å². The summed E-state index contributed by atoms with van der Waals surface area (Å²) in [5.41, 5.74) is 0.771. The minimum absolute atomic E-state index is 0.0967. The van der Waals surface area contributed by atoms with Gasteiger partial charge in [-0.1, -0.05) is 35.3 Å². The summed E-state index contributed by atoms with van der Waals surface area (Å²) in [6, 6.07) is 10.2. The molecular formula is C16H12Cl2O4. The van der Waals surface area contributed by atoms with Crippen LogP contribution in [0.15, 0.2) is 36.4 Å². The van der Waals surface area contributed by atoms with Crippen molar-refractivity contribution < 1.29 is 19.0 Å². The zero-order valence-electron chi connectivity index (χ0n) is 11.5. The first kappa shape index (κ1) is 15.0. The molecule has 0 spiro atoms. The number of hydrogen-bond acceptors (Lipinski definition) is 4. The van der Waals surface area contributed by atoms with Crippen molar-refractivity contribution in [2.45, 2.75) is 6.42 Å². The van der Waals surface area contributed by atoms with Crippen LogP contribution in [0.2, 0.25) is 10.0 Å². The Kier molecular flexibility index (Phi) is 4.41. The van der Waals surface area contributed by atoms with E-state index in [0.717, 1.165) is 5.56 Å². The number of benzene rings is 2. The molecule has 0 atom stereocenters. The number of halogens is 2. The Balaban J connectivity index is 1.70. The predicted molar refractivity (Wildman–Crippen MR) is 83.2 cm³/mol. The fourth-order valence-electron chi connectivity index (χ4n) is 2.09. The Morgan fingerprint density at radius 2 is 1.86 bits per heavy atom. The monoisotopic (exact) mass is 338 g/mol. The van der Waals surface area contributed by atoms with Gasteiger partial charge >= 0.3 is 5.97 Å². The van der Waals surface area contributed by atoms with Crippen LogP contribution >= 0.6 is 23.2 Å². The Morgan fingerprint density at radius 3 is 2.68 bits per heavy atom.